The van der Waals surface area contributed by atoms with Gasteiger partial charge in [-0.2, -0.15) is 5.26 Å². The lowest BCUT2D eigenvalue weighted by Crippen LogP contribution is -2.32. The fourth-order valence-electron chi connectivity index (χ4n) is 4.96. The summed E-state index contributed by atoms with van der Waals surface area (Å²) in [6.07, 6.45) is 10.0. The zero-order valence-electron chi connectivity index (χ0n) is 19.3. The molecule has 4 rings (SSSR count). The van der Waals surface area contributed by atoms with Crippen LogP contribution in [-0.2, 0) is 5.41 Å². The van der Waals surface area contributed by atoms with E-state index < -0.39 is 6.04 Å². The molecule has 0 N–H and O–H groups in total. The third-order valence-electron chi connectivity index (χ3n) is 6.73. The molecule has 2 heterocycles. The number of benzene rings is 2. The third kappa shape index (κ3) is 4.22. The van der Waals surface area contributed by atoms with E-state index in [2.05, 4.69) is 54.0 Å². The first-order valence-electron chi connectivity index (χ1n) is 11.8. The molecule has 3 aromatic rings. The molecule has 0 saturated heterocycles. The number of ether oxygens (including phenoxy) is 1. The van der Waals surface area contributed by atoms with Gasteiger partial charge in [0.2, 0.25) is 0 Å². The maximum atomic E-state index is 9.52. The summed E-state index contributed by atoms with van der Waals surface area (Å²) in [5.74, 6) is 1.75. The van der Waals surface area contributed by atoms with E-state index in [9.17, 15) is 5.26 Å². The highest BCUT2D eigenvalue weighted by molar-refractivity contribution is 5.69. The molecule has 1 atom stereocenters. The second-order valence-electron chi connectivity index (χ2n) is 8.75. The van der Waals surface area contributed by atoms with Gasteiger partial charge in [-0.1, -0.05) is 45.6 Å². The lowest BCUT2D eigenvalue weighted by atomic mass is 9.65. The fraction of sp³-hybridized carbons (Fsp3) is 0.345. The van der Waals surface area contributed by atoms with Crippen LogP contribution in [0.3, 0.4) is 0 Å². The van der Waals surface area contributed by atoms with E-state index in [0.29, 0.717) is 0 Å². The van der Waals surface area contributed by atoms with E-state index in [4.69, 9.17) is 11.3 Å². The number of rotatable bonds is 8. The van der Waals surface area contributed by atoms with E-state index in [1.807, 2.05) is 36.7 Å². The molecule has 0 fully saturated rings. The molecule has 166 valence electrons. The van der Waals surface area contributed by atoms with Crippen molar-refractivity contribution in [2.24, 2.45) is 0 Å². The van der Waals surface area contributed by atoms with Gasteiger partial charge >= 0.3 is 6.04 Å². The summed E-state index contributed by atoms with van der Waals surface area (Å²) in [5.41, 5.74) is 5.14. The van der Waals surface area contributed by atoms with Crippen molar-refractivity contribution in [1.82, 2.24) is 4.98 Å². The predicted octanol–water partition coefficient (Wildman–Crippen LogP) is 8.00. The molecule has 0 bridgehead atoms. The largest absolute Gasteiger partial charge is 0.457 e. The van der Waals surface area contributed by atoms with Crippen LogP contribution < -0.4 is 4.74 Å². The van der Waals surface area contributed by atoms with Crippen molar-refractivity contribution in [1.29, 1.82) is 5.26 Å². The van der Waals surface area contributed by atoms with Crippen molar-refractivity contribution in [3.63, 3.8) is 0 Å². The van der Waals surface area contributed by atoms with Gasteiger partial charge in [-0.15, -0.1) is 0 Å². The molecule has 0 amide bonds. The Morgan fingerprint density at radius 2 is 1.58 bits per heavy atom. The zero-order valence-corrected chi connectivity index (χ0v) is 19.3. The maximum absolute atomic E-state index is 9.52. The van der Waals surface area contributed by atoms with Crippen molar-refractivity contribution >= 4 is 0 Å². The minimum Gasteiger partial charge on any atom is -0.457 e. The van der Waals surface area contributed by atoms with Crippen molar-refractivity contribution in [3.05, 3.63) is 89.0 Å². The standard InChI is InChI=1S/C29H29N3O/c1-4-6-14-29(15-7-5-2)24-18-22(21-12-16-32-17-13-21)8-10-27(24)33-28-11-9-23(19-25(28)29)26(20-30)31-3/h8-13,16-19,26H,4-7,14-15H2,1-2H3. The zero-order chi connectivity index (χ0) is 23.3. The quantitative estimate of drug-likeness (QED) is 0.337. The number of nitrogens with zero attached hydrogens (tertiary/aromatic N) is 3. The van der Waals surface area contributed by atoms with E-state index in [1.54, 1.807) is 0 Å². The Kier molecular flexibility index (Phi) is 6.76. The van der Waals surface area contributed by atoms with Gasteiger partial charge in [0.1, 0.15) is 11.5 Å². The van der Waals surface area contributed by atoms with Crippen LogP contribution >= 0.6 is 0 Å². The molecule has 1 unspecified atom stereocenters. The third-order valence-corrected chi connectivity index (χ3v) is 6.73. The first kappa shape index (κ1) is 22.6. The molecular formula is C29H29N3O. The second-order valence-corrected chi connectivity index (χ2v) is 8.75. The SMILES string of the molecule is [C-]#[N+]C(C#N)c1ccc2c(c1)C(CCCC)(CCCC)c1cc(-c3ccncc3)ccc1O2. The number of nitriles is 1. The number of pyridine rings is 1. The van der Waals surface area contributed by atoms with Crippen LogP contribution in [0.25, 0.3) is 16.0 Å². The number of fused-ring (bicyclic) bond motifs is 2. The van der Waals surface area contributed by atoms with E-state index >= 15 is 0 Å². The Hall–Kier alpha value is -3.63. The van der Waals surface area contributed by atoms with Gasteiger partial charge in [0, 0.05) is 34.5 Å². The molecule has 1 aliphatic heterocycles. The number of hydrogen-bond donors (Lipinski definition) is 0. The average Bonchev–Trinajstić information content (AvgIpc) is 2.87. The molecule has 1 aliphatic rings. The molecule has 0 spiro atoms. The number of hydrogen-bond acceptors (Lipinski definition) is 3. The van der Waals surface area contributed by atoms with E-state index in [1.165, 1.54) is 5.56 Å². The van der Waals surface area contributed by atoms with Crippen molar-refractivity contribution in [3.8, 4) is 28.7 Å². The molecule has 2 aromatic carbocycles. The normalized spacial score (nSPS) is 14.2. The van der Waals surface area contributed by atoms with Gasteiger partial charge in [-0.05, 0) is 66.4 Å². The molecule has 4 heteroatoms. The van der Waals surface area contributed by atoms with Gasteiger partial charge in [0.15, 0.2) is 6.07 Å². The Balaban J connectivity index is 1.94. The minimum absolute atomic E-state index is 0.212. The maximum Gasteiger partial charge on any atom is 0.332 e. The topological polar surface area (TPSA) is 50.3 Å². The first-order chi connectivity index (χ1) is 16.2. The van der Waals surface area contributed by atoms with Crippen LogP contribution in [0.5, 0.6) is 11.5 Å². The van der Waals surface area contributed by atoms with Crippen LogP contribution in [-0.4, -0.2) is 4.98 Å². The van der Waals surface area contributed by atoms with Crippen LogP contribution in [0.2, 0.25) is 0 Å². The monoisotopic (exact) mass is 435 g/mol. The van der Waals surface area contributed by atoms with Crippen molar-refractivity contribution < 1.29 is 4.74 Å². The van der Waals surface area contributed by atoms with Crippen molar-refractivity contribution in [2.75, 3.05) is 0 Å². The van der Waals surface area contributed by atoms with Gasteiger partial charge in [0.05, 0.1) is 0 Å². The lowest BCUT2D eigenvalue weighted by Gasteiger charge is -2.41. The Bertz CT molecular complexity index is 1180. The van der Waals surface area contributed by atoms with Crippen LogP contribution in [0, 0.1) is 17.9 Å². The molecule has 1 aromatic heterocycles. The summed E-state index contributed by atoms with van der Waals surface area (Å²) < 4.78 is 6.41. The lowest BCUT2D eigenvalue weighted by molar-refractivity contribution is 0.343. The molecule has 0 radical (unpaired) electrons. The highest BCUT2D eigenvalue weighted by Gasteiger charge is 2.42. The van der Waals surface area contributed by atoms with Crippen LogP contribution in [0.15, 0.2) is 60.9 Å². The first-order valence-corrected chi connectivity index (χ1v) is 11.8. The summed E-state index contributed by atoms with van der Waals surface area (Å²) in [6.45, 7) is 11.9. The molecular weight excluding hydrogens is 406 g/mol. The van der Waals surface area contributed by atoms with Gasteiger partial charge in [-0.25, -0.2) is 6.57 Å². The second kappa shape index (κ2) is 9.88. The Morgan fingerprint density at radius 1 is 0.939 bits per heavy atom. The smallest absolute Gasteiger partial charge is 0.332 e. The summed E-state index contributed by atoms with van der Waals surface area (Å²) in [6, 6.07) is 17.8. The molecule has 0 aliphatic carbocycles. The highest BCUT2D eigenvalue weighted by Crippen LogP contribution is 2.54. The van der Waals surface area contributed by atoms with Gasteiger partial charge in [0.25, 0.3) is 0 Å². The highest BCUT2D eigenvalue weighted by atomic mass is 16.5. The Morgan fingerprint density at radius 3 is 2.18 bits per heavy atom. The van der Waals surface area contributed by atoms with E-state index in [-0.39, 0.29) is 5.41 Å². The molecule has 0 saturated carbocycles. The van der Waals surface area contributed by atoms with Crippen LogP contribution in [0.4, 0.5) is 0 Å². The van der Waals surface area contributed by atoms with E-state index in [0.717, 1.165) is 72.3 Å². The molecule has 33 heavy (non-hydrogen) atoms. The average molecular weight is 436 g/mol. The summed E-state index contributed by atoms with van der Waals surface area (Å²) >= 11 is 0. The summed E-state index contributed by atoms with van der Waals surface area (Å²) in [5, 5.41) is 9.52. The van der Waals surface area contributed by atoms with Crippen LogP contribution in [0.1, 0.15) is 75.1 Å². The summed E-state index contributed by atoms with van der Waals surface area (Å²) in [7, 11) is 0. The fourth-order valence-corrected chi connectivity index (χ4v) is 4.96. The number of aromatic nitrogens is 1. The van der Waals surface area contributed by atoms with Gasteiger partial charge in [-0.3, -0.25) is 9.83 Å². The van der Waals surface area contributed by atoms with Crippen molar-refractivity contribution in [2.45, 2.75) is 63.8 Å². The van der Waals surface area contributed by atoms with Gasteiger partial charge < -0.3 is 4.74 Å². The molecule has 4 nitrogen and oxygen atoms in total. The minimum atomic E-state index is -0.796. The number of unbranched alkanes of at least 4 members (excludes halogenated alkanes) is 2. The Labute approximate surface area is 196 Å². The summed E-state index contributed by atoms with van der Waals surface area (Å²) in [4.78, 5) is 7.70. The predicted molar refractivity (Wildman–Crippen MR) is 131 cm³/mol.